The lowest BCUT2D eigenvalue weighted by molar-refractivity contribution is -0.0725. The number of carbonyl (C=O) groups excluding carboxylic acids is 1. The Morgan fingerprint density at radius 3 is 2.62 bits per heavy atom. The fourth-order valence-electron chi connectivity index (χ4n) is 5.06. The zero-order chi connectivity index (χ0) is 31.7. The Bertz CT molecular complexity index is 1930. The van der Waals surface area contributed by atoms with Crippen molar-refractivity contribution in [2.75, 3.05) is 30.3 Å². The van der Waals surface area contributed by atoms with Crippen molar-refractivity contribution in [2.24, 2.45) is 0 Å². The quantitative estimate of drug-likeness (QED) is 0.207. The molecule has 1 aliphatic rings. The maximum absolute atomic E-state index is 15.2. The number of likely N-dealkylation sites (tertiary alicyclic amines) is 1. The average molecular weight is 623 g/mol. The van der Waals surface area contributed by atoms with E-state index in [2.05, 4.69) is 30.9 Å². The molecule has 1 unspecified atom stereocenters. The third kappa shape index (κ3) is 6.06. The van der Waals surface area contributed by atoms with Crippen LogP contribution in [0.5, 0.6) is 11.5 Å². The van der Waals surface area contributed by atoms with Crippen LogP contribution < -0.4 is 20.9 Å². The number of fused-ring (bicyclic) bond motifs is 1. The molecule has 0 bridgehead atoms. The number of amides is 1. The summed E-state index contributed by atoms with van der Waals surface area (Å²) in [5, 5.41) is 16.3. The van der Waals surface area contributed by atoms with Gasteiger partial charge in [0.05, 0.1) is 18.3 Å². The number of piperidine rings is 1. The Kier molecular flexibility index (Phi) is 7.93. The molecule has 4 heterocycles. The molecule has 1 aliphatic heterocycles. The number of carbonyl (C=O) groups is 1. The molecule has 1 amide bonds. The number of pyridine rings is 1. The first kappa shape index (κ1) is 29.7. The van der Waals surface area contributed by atoms with Gasteiger partial charge >= 0.3 is 0 Å². The van der Waals surface area contributed by atoms with Gasteiger partial charge in [-0.3, -0.25) is 19.6 Å². The lowest BCUT2D eigenvalue weighted by Gasteiger charge is -2.38. The molecule has 0 aliphatic carbocycles. The fraction of sp³-hybridized carbons (Fsp3) is 0.233. The van der Waals surface area contributed by atoms with Crippen molar-refractivity contribution in [3.05, 3.63) is 94.5 Å². The van der Waals surface area contributed by atoms with Crippen LogP contribution in [0, 0.1) is 11.6 Å². The van der Waals surface area contributed by atoms with E-state index in [9.17, 15) is 22.8 Å². The van der Waals surface area contributed by atoms with Crippen molar-refractivity contribution >= 4 is 28.4 Å². The van der Waals surface area contributed by atoms with E-state index < -0.39 is 35.1 Å². The van der Waals surface area contributed by atoms with Gasteiger partial charge in [-0.2, -0.15) is 14.9 Å². The number of hydrogen-bond acceptors (Lipinski definition) is 8. The molecule has 3 aromatic heterocycles. The maximum atomic E-state index is 15.2. The minimum Gasteiger partial charge on any atom is -0.453 e. The van der Waals surface area contributed by atoms with E-state index in [-0.39, 0.29) is 58.3 Å². The summed E-state index contributed by atoms with van der Waals surface area (Å²) in [6, 6.07) is 10.1. The molecule has 2 aromatic carbocycles. The third-order valence-electron chi connectivity index (χ3n) is 7.43. The van der Waals surface area contributed by atoms with Crippen LogP contribution >= 0.6 is 0 Å². The van der Waals surface area contributed by atoms with Crippen LogP contribution in [0.2, 0.25) is 0 Å². The van der Waals surface area contributed by atoms with Crippen molar-refractivity contribution in [1.29, 1.82) is 0 Å². The van der Waals surface area contributed by atoms with Gasteiger partial charge < -0.3 is 15.4 Å². The zero-order valence-corrected chi connectivity index (χ0v) is 23.7. The van der Waals surface area contributed by atoms with E-state index in [4.69, 9.17) is 4.74 Å². The molecule has 11 nitrogen and oxygen atoms in total. The second kappa shape index (κ2) is 12.0. The van der Waals surface area contributed by atoms with Gasteiger partial charge in [0.15, 0.2) is 23.0 Å². The van der Waals surface area contributed by atoms with Crippen LogP contribution in [0.1, 0.15) is 23.7 Å². The number of aromatic amines is 1. The Balaban J connectivity index is 1.20. The highest BCUT2D eigenvalue weighted by molar-refractivity contribution is 6.04. The average Bonchev–Trinajstić information content (AvgIpc) is 3.43. The number of aromatic nitrogens is 5. The second-order valence-corrected chi connectivity index (χ2v) is 10.4. The summed E-state index contributed by atoms with van der Waals surface area (Å²) in [6.45, 7) is 2.46. The highest BCUT2D eigenvalue weighted by Gasteiger charge is 2.44. The SMILES string of the molecule is CCN1CCC(Nc2n[nH]c3nccc(Oc4ccc(NC(=O)c5ccnn(-c6ccc(F)cc6)c5=O)cc4F)c23)C(F)(F)C1. The molecule has 3 N–H and O–H groups in total. The summed E-state index contributed by atoms with van der Waals surface area (Å²) >= 11 is 0. The van der Waals surface area contributed by atoms with Gasteiger partial charge in [0.25, 0.3) is 17.4 Å². The number of H-pyrrole nitrogens is 1. The van der Waals surface area contributed by atoms with Crippen LogP contribution in [0.3, 0.4) is 0 Å². The molecule has 5 aromatic rings. The number of alkyl halides is 2. The number of halogens is 4. The van der Waals surface area contributed by atoms with Gasteiger partial charge in [0, 0.05) is 36.8 Å². The maximum Gasteiger partial charge on any atom is 0.284 e. The van der Waals surface area contributed by atoms with Gasteiger partial charge in [-0.15, -0.1) is 0 Å². The lowest BCUT2D eigenvalue weighted by atomic mass is 10.0. The normalized spacial score (nSPS) is 16.4. The van der Waals surface area contributed by atoms with E-state index in [0.29, 0.717) is 13.1 Å². The number of nitrogens with one attached hydrogen (secondary N) is 3. The summed E-state index contributed by atoms with van der Waals surface area (Å²) in [5.41, 5.74) is -0.514. The number of ether oxygens (including phenoxy) is 1. The number of nitrogens with zero attached hydrogens (tertiary/aromatic N) is 5. The summed E-state index contributed by atoms with van der Waals surface area (Å²) in [6.07, 6.45) is 2.82. The molecule has 1 fully saturated rings. The smallest absolute Gasteiger partial charge is 0.284 e. The van der Waals surface area contributed by atoms with E-state index in [1.165, 1.54) is 48.8 Å². The molecule has 45 heavy (non-hydrogen) atoms. The largest absolute Gasteiger partial charge is 0.453 e. The van der Waals surface area contributed by atoms with Gasteiger partial charge in [0.2, 0.25) is 0 Å². The molecule has 0 spiro atoms. The molecular formula is C30H26F4N8O3. The van der Waals surface area contributed by atoms with Crippen molar-refractivity contribution < 1.29 is 27.1 Å². The Labute approximate surface area is 252 Å². The Hall–Kier alpha value is -5.31. The van der Waals surface area contributed by atoms with Crippen molar-refractivity contribution in [3.63, 3.8) is 0 Å². The molecule has 0 saturated carbocycles. The van der Waals surface area contributed by atoms with Crippen LogP contribution in [0.4, 0.5) is 29.1 Å². The van der Waals surface area contributed by atoms with Gasteiger partial charge in [-0.25, -0.2) is 22.5 Å². The monoisotopic (exact) mass is 622 g/mol. The minimum atomic E-state index is -3.01. The highest BCUT2D eigenvalue weighted by atomic mass is 19.3. The Morgan fingerprint density at radius 1 is 1.09 bits per heavy atom. The highest BCUT2D eigenvalue weighted by Crippen LogP contribution is 2.37. The number of hydrogen-bond donors (Lipinski definition) is 3. The van der Waals surface area contributed by atoms with Crippen molar-refractivity contribution in [1.82, 2.24) is 29.9 Å². The van der Waals surface area contributed by atoms with Crippen LogP contribution in [0.25, 0.3) is 16.7 Å². The van der Waals surface area contributed by atoms with Crippen molar-refractivity contribution in [3.8, 4) is 17.2 Å². The first-order chi connectivity index (χ1) is 21.6. The van der Waals surface area contributed by atoms with Crippen LogP contribution in [-0.2, 0) is 0 Å². The van der Waals surface area contributed by atoms with E-state index >= 15 is 4.39 Å². The van der Waals surface area contributed by atoms with E-state index in [1.54, 1.807) is 4.90 Å². The third-order valence-corrected chi connectivity index (χ3v) is 7.43. The van der Waals surface area contributed by atoms with Gasteiger partial charge in [0.1, 0.15) is 22.5 Å². The summed E-state index contributed by atoms with van der Waals surface area (Å²) in [7, 11) is 0. The van der Waals surface area contributed by atoms with Crippen LogP contribution in [-0.4, -0.2) is 67.4 Å². The summed E-state index contributed by atoms with van der Waals surface area (Å²) < 4.78 is 65.0. The molecule has 232 valence electrons. The minimum absolute atomic E-state index is 0.0283. The molecule has 1 saturated heterocycles. The second-order valence-electron chi connectivity index (χ2n) is 10.4. The van der Waals surface area contributed by atoms with Gasteiger partial charge in [-0.1, -0.05) is 6.92 Å². The summed E-state index contributed by atoms with van der Waals surface area (Å²) in [5.74, 6) is -5.21. The molecule has 6 rings (SSSR count). The standard InChI is InChI=1S/C30H26F4N8O3/c1-2-41-14-11-24(30(33,34)16-41)38-27-25-23(10-12-35-26(25)39-40-27)45-22-8-5-18(15-21(22)32)37-28(43)20-9-13-36-42(29(20)44)19-6-3-17(31)4-7-19/h3-10,12-13,15,24H,2,11,14,16H2,1H3,(H,37,43)(H2,35,38,39,40). The first-order valence-corrected chi connectivity index (χ1v) is 14.0. The predicted octanol–water partition coefficient (Wildman–Crippen LogP) is 4.97. The predicted molar refractivity (Wildman–Crippen MR) is 157 cm³/mol. The number of benzene rings is 2. The zero-order valence-electron chi connectivity index (χ0n) is 23.7. The van der Waals surface area contributed by atoms with E-state index in [0.717, 1.165) is 22.9 Å². The lowest BCUT2D eigenvalue weighted by Crippen LogP contribution is -2.54. The van der Waals surface area contributed by atoms with Gasteiger partial charge in [-0.05, 0) is 55.4 Å². The van der Waals surface area contributed by atoms with Crippen molar-refractivity contribution in [2.45, 2.75) is 25.3 Å². The number of anilines is 2. The fourth-order valence-corrected chi connectivity index (χ4v) is 5.06. The Morgan fingerprint density at radius 2 is 1.89 bits per heavy atom. The number of rotatable bonds is 8. The summed E-state index contributed by atoms with van der Waals surface area (Å²) in [4.78, 5) is 31.7. The van der Waals surface area contributed by atoms with Crippen LogP contribution in [0.15, 0.2) is 71.8 Å². The topological polar surface area (TPSA) is 130 Å². The molecule has 0 radical (unpaired) electrons. The molecule has 15 heteroatoms. The van der Waals surface area contributed by atoms with E-state index in [1.807, 2.05) is 6.92 Å². The molecular weight excluding hydrogens is 596 g/mol. The molecule has 1 atom stereocenters. The first-order valence-electron chi connectivity index (χ1n) is 14.0.